The van der Waals surface area contributed by atoms with E-state index in [2.05, 4.69) is 20.3 Å². The molecule has 3 rings (SSSR count). The highest BCUT2D eigenvalue weighted by Gasteiger charge is 2.31. The van der Waals surface area contributed by atoms with Gasteiger partial charge in [-0.1, -0.05) is 11.6 Å². The summed E-state index contributed by atoms with van der Waals surface area (Å²) in [5.41, 5.74) is 0.591. The number of aromatic nitrogens is 3. The van der Waals surface area contributed by atoms with Crippen molar-refractivity contribution in [1.29, 1.82) is 0 Å². The third-order valence-corrected chi connectivity index (χ3v) is 4.77. The van der Waals surface area contributed by atoms with Crippen molar-refractivity contribution in [2.24, 2.45) is 5.92 Å². The first-order valence-electron chi connectivity index (χ1n) is 9.66. The fourth-order valence-corrected chi connectivity index (χ4v) is 3.10. The maximum Gasteiger partial charge on any atom is 0.258 e. The van der Waals surface area contributed by atoms with E-state index in [1.165, 1.54) is 19.4 Å². The number of carbonyl (C=O) groups excluding carboxylic acids is 1. The predicted octanol–water partition coefficient (Wildman–Crippen LogP) is 2.94. The first kappa shape index (κ1) is 22.2. The van der Waals surface area contributed by atoms with Crippen LogP contribution in [0, 0.1) is 11.7 Å². The molecule has 2 aromatic rings. The average molecular weight is 439 g/mol. The van der Waals surface area contributed by atoms with E-state index in [1.54, 1.807) is 12.1 Å². The minimum Gasteiger partial charge on any atom is -0.475 e. The van der Waals surface area contributed by atoms with E-state index in [9.17, 15) is 9.18 Å². The second kappa shape index (κ2) is 10.5. The van der Waals surface area contributed by atoms with E-state index >= 15 is 0 Å². The molecule has 1 aliphatic rings. The Morgan fingerprint density at radius 2 is 2.00 bits per heavy atom. The van der Waals surface area contributed by atoms with Crippen LogP contribution < -0.4 is 14.8 Å². The van der Waals surface area contributed by atoms with Gasteiger partial charge in [0.1, 0.15) is 12.9 Å². The molecule has 1 fully saturated rings. The molecule has 1 saturated carbocycles. The molecule has 0 aliphatic heterocycles. The predicted molar refractivity (Wildman–Crippen MR) is 107 cm³/mol. The molecule has 0 bridgehead atoms. The van der Waals surface area contributed by atoms with Crippen LogP contribution in [-0.4, -0.2) is 46.2 Å². The molecule has 162 valence electrons. The van der Waals surface area contributed by atoms with Crippen LogP contribution in [0.3, 0.4) is 0 Å². The number of hydrogen-bond acceptors (Lipinski definition) is 7. The van der Waals surface area contributed by atoms with Crippen molar-refractivity contribution in [3.05, 3.63) is 41.2 Å². The van der Waals surface area contributed by atoms with Gasteiger partial charge in [-0.3, -0.25) is 9.78 Å². The van der Waals surface area contributed by atoms with Gasteiger partial charge in [0.2, 0.25) is 11.7 Å². The molecule has 0 aromatic carbocycles. The van der Waals surface area contributed by atoms with Gasteiger partial charge in [0.15, 0.2) is 0 Å². The quantitative estimate of drug-likeness (QED) is 0.609. The summed E-state index contributed by atoms with van der Waals surface area (Å²) in [7, 11) is 0. The minimum absolute atomic E-state index is 0.0330. The van der Waals surface area contributed by atoms with E-state index in [0.717, 1.165) is 12.8 Å². The molecule has 0 saturated heterocycles. The third-order valence-electron chi connectivity index (χ3n) is 4.55. The molecular formula is C20H24ClFN4O4. The van der Waals surface area contributed by atoms with E-state index in [4.69, 9.17) is 25.8 Å². The Hall–Kier alpha value is -2.52. The van der Waals surface area contributed by atoms with E-state index in [0.29, 0.717) is 23.9 Å². The van der Waals surface area contributed by atoms with Gasteiger partial charge in [-0.2, -0.15) is 14.4 Å². The van der Waals surface area contributed by atoms with Crippen LogP contribution >= 0.6 is 11.6 Å². The number of nitrogens with zero attached hydrogens (tertiary/aromatic N) is 3. The van der Waals surface area contributed by atoms with Gasteiger partial charge in [-0.15, -0.1) is 0 Å². The third kappa shape index (κ3) is 6.50. The van der Waals surface area contributed by atoms with Crippen LogP contribution in [0.15, 0.2) is 24.7 Å². The zero-order chi connectivity index (χ0) is 21.5. The normalized spacial score (nSPS) is 18.9. The number of hydrogen-bond donors (Lipinski definition) is 1. The van der Waals surface area contributed by atoms with Gasteiger partial charge < -0.3 is 19.5 Å². The Kier molecular flexibility index (Phi) is 7.75. The second-order valence-electron chi connectivity index (χ2n) is 7.26. The van der Waals surface area contributed by atoms with E-state index in [1.807, 2.05) is 6.92 Å². The fraction of sp³-hybridized carbons (Fsp3) is 0.500. The molecule has 8 nitrogen and oxygen atoms in total. The van der Waals surface area contributed by atoms with Crippen molar-refractivity contribution >= 4 is 17.5 Å². The van der Waals surface area contributed by atoms with Gasteiger partial charge in [-0.25, -0.2) is 0 Å². The van der Waals surface area contributed by atoms with Crippen molar-refractivity contribution in [1.82, 2.24) is 20.3 Å². The number of nitrogens with one attached hydrogen (secondary N) is 1. The molecule has 2 heterocycles. The SMILES string of the molecule is CC(=O)N[C@@H](C)COC1CC(COc2ncnc(OCc3ccc(Cl)cn3)c2F)C1. The largest absolute Gasteiger partial charge is 0.475 e. The lowest BCUT2D eigenvalue weighted by Crippen LogP contribution is -2.40. The molecular weight excluding hydrogens is 415 g/mol. The summed E-state index contributed by atoms with van der Waals surface area (Å²) < 4.78 is 31.2. The Morgan fingerprint density at radius 3 is 2.67 bits per heavy atom. The Balaban J connectivity index is 1.40. The van der Waals surface area contributed by atoms with Gasteiger partial charge in [0, 0.05) is 19.2 Å². The lowest BCUT2D eigenvalue weighted by atomic mass is 9.83. The number of halogens is 2. The number of amides is 1. The van der Waals surface area contributed by atoms with Crippen molar-refractivity contribution < 1.29 is 23.4 Å². The number of rotatable bonds is 10. The molecule has 2 aromatic heterocycles. The van der Waals surface area contributed by atoms with Crippen LogP contribution in [0.4, 0.5) is 4.39 Å². The summed E-state index contributed by atoms with van der Waals surface area (Å²) in [6.07, 6.45) is 4.42. The Morgan fingerprint density at radius 1 is 1.27 bits per heavy atom. The lowest BCUT2D eigenvalue weighted by Gasteiger charge is -2.35. The first-order chi connectivity index (χ1) is 14.4. The standard InChI is InChI=1S/C20H24ClFN4O4/c1-12(26-13(2)27)8-28-17-5-14(6-17)9-29-19-18(22)20(25-11-24-19)30-10-16-4-3-15(21)7-23-16/h3-4,7,11-12,14,17H,5-6,8-10H2,1-2H3,(H,26,27)/t12-,14?,17?/m0/s1. The van der Waals surface area contributed by atoms with Crippen molar-refractivity contribution in [2.45, 2.75) is 45.4 Å². The van der Waals surface area contributed by atoms with Crippen LogP contribution in [-0.2, 0) is 16.1 Å². The molecule has 0 unspecified atom stereocenters. The minimum atomic E-state index is -0.747. The van der Waals surface area contributed by atoms with E-state index in [-0.39, 0.29) is 42.3 Å². The zero-order valence-corrected chi connectivity index (χ0v) is 17.6. The number of carbonyl (C=O) groups is 1. The van der Waals surface area contributed by atoms with Crippen molar-refractivity contribution in [3.63, 3.8) is 0 Å². The highest BCUT2D eigenvalue weighted by molar-refractivity contribution is 6.30. The molecule has 1 N–H and O–H groups in total. The molecule has 1 aliphatic carbocycles. The maximum absolute atomic E-state index is 14.5. The first-order valence-corrected chi connectivity index (χ1v) is 10.0. The highest BCUT2D eigenvalue weighted by atomic mass is 35.5. The molecule has 0 radical (unpaired) electrons. The van der Waals surface area contributed by atoms with Gasteiger partial charge in [0.25, 0.3) is 11.8 Å². The zero-order valence-electron chi connectivity index (χ0n) is 16.8. The summed E-state index contributed by atoms with van der Waals surface area (Å²) in [5.74, 6) is -0.914. The number of pyridine rings is 1. The maximum atomic E-state index is 14.5. The molecule has 10 heteroatoms. The van der Waals surface area contributed by atoms with Crippen LogP contribution in [0.2, 0.25) is 5.02 Å². The average Bonchev–Trinajstić information content (AvgIpc) is 2.67. The van der Waals surface area contributed by atoms with Crippen LogP contribution in [0.5, 0.6) is 11.8 Å². The van der Waals surface area contributed by atoms with Gasteiger partial charge in [-0.05, 0) is 37.8 Å². The topological polar surface area (TPSA) is 95.5 Å². The van der Waals surface area contributed by atoms with E-state index < -0.39 is 5.82 Å². The Labute approximate surface area is 179 Å². The molecule has 1 atom stereocenters. The summed E-state index contributed by atoms with van der Waals surface area (Å²) >= 11 is 5.79. The Bertz CT molecular complexity index is 849. The monoisotopic (exact) mass is 438 g/mol. The van der Waals surface area contributed by atoms with Gasteiger partial charge in [0.05, 0.1) is 30.0 Å². The molecule has 30 heavy (non-hydrogen) atoms. The smallest absolute Gasteiger partial charge is 0.258 e. The fourth-order valence-electron chi connectivity index (χ4n) is 2.99. The highest BCUT2D eigenvalue weighted by Crippen LogP contribution is 2.31. The second-order valence-corrected chi connectivity index (χ2v) is 7.70. The summed E-state index contributed by atoms with van der Waals surface area (Å²) in [6, 6.07) is 3.33. The van der Waals surface area contributed by atoms with Crippen molar-refractivity contribution in [3.8, 4) is 11.8 Å². The molecule has 1 amide bonds. The summed E-state index contributed by atoms with van der Waals surface area (Å²) in [4.78, 5) is 22.7. The van der Waals surface area contributed by atoms with Crippen molar-refractivity contribution in [2.75, 3.05) is 13.2 Å². The summed E-state index contributed by atoms with van der Waals surface area (Å²) in [6.45, 7) is 4.20. The summed E-state index contributed by atoms with van der Waals surface area (Å²) in [5, 5.41) is 3.28. The molecule has 0 spiro atoms. The lowest BCUT2D eigenvalue weighted by molar-refractivity contribution is -0.120. The van der Waals surface area contributed by atoms with Gasteiger partial charge >= 0.3 is 0 Å². The number of ether oxygens (including phenoxy) is 3. The van der Waals surface area contributed by atoms with Crippen LogP contribution in [0.25, 0.3) is 0 Å². The van der Waals surface area contributed by atoms with Crippen LogP contribution in [0.1, 0.15) is 32.4 Å².